The summed E-state index contributed by atoms with van der Waals surface area (Å²) in [5.74, 6) is -0.107. The predicted octanol–water partition coefficient (Wildman–Crippen LogP) is 2.33. The molecule has 1 aromatic carbocycles. The number of benzene rings is 1. The molecule has 104 valence electrons. The van der Waals surface area contributed by atoms with Crippen molar-refractivity contribution in [2.45, 2.75) is 32.7 Å². The van der Waals surface area contributed by atoms with Crippen LogP contribution in [0.2, 0.25) is 0 Å². The maximum Gasteiger partial charge on any atom is 0.253 e. The number of amides is 1. The lowest BCUT2D eigenvalue weighted by Crippen LogP contribution is -2.49. The predicted molar refractivity (Wildman–Crippen MR) is 73.4 cm³/mol. The molecule has 1 amide bonds. The number of nitrogens with two attached hydrogens (primary N) is 1. The Labute approximate surface area is 113 Å². The summed E-state index contributed by atoms with van der Waals surface area (Å²) in [5, 5.41) is 0. The highest BCUT2D eigenvalue weighted by atomic mass is 19.1. The van der Waals surface area contributed by atoms with Crippen LogP contribution in [0.4, 0.5) is 4.39 Å². The number of carbonyl (C=O) groups is 1. The third-order valence-electron chi connectivity index (χ3n) is 3.89. The van der Waals surface area contributed by atoms with E-state index in [0.717, 1.165) is 18.4 Å². The van der Waals surface area contributed by atoms with Crippen molar-refractivity contribution in [2.24, 2.45) is 11.7 Å². The first-order valence-electron chi connectivity index (χ1n) is 6.83. The van der Waals surface area contributed by atoms with Gasteiger partial charge in [0.15, 0.2) is 0 Å². The number of nitrogens with zero attached hydrogens (tertiary/aromatic N) is 1. The summed E-state index contributed by atoms with van der Waals surface area (Å²) in [7, 11) is 0. The normalized spacial score (nSPS) is 23.5. The molecule has 1 aliphatic rings. The van der Waals surface area contributed by atoms with E-state index in [1.807, 2.05) is 0 Å². The SMILES string of the molecule is CCC1CN(C(=O)c2cc(C)cc(F)c2)CCC1N. The van der Waals surface area contributed by atoms with Crippen molar-refractivity contribution in [3.8, 4) is 0 Å². The summed E-state index contributed by atoms with van der Waals surface area (Å²) in [5.41, 5.74) is 7.24. The lowest BCUT2D eigenvalue weighted by molar-refractivity contribution is 0.0648. The van der Waals surface area contributed by atoms with E-state index in [0.29, 0.717) is 24.6 Å². The number of rotatable bonds is 2. The Hall–Kier alpha value is -1.42. The summed E-state index contributed by atoms with van der Waals surface area (Å²) >= 11 is 0. The molecule has 0 radical (unpaired) electrons. The molecule has 2 atom stereocenters. The van der Waals surface area contributed by atoms with E-state index >= 15 is 0 Å². The van der Waals surface area contributed by atoms with Crippen LogP contribution in [0.15, 0.2) is 18.2 Å². The van der Waals surface area contributed by atoms with Crippen LogP contribution in [-0.2, 0) is 0 Å². The fraction of sp³-hybridized carbons (Fsp3) is 0.533. The molecule has 1 aliphatic heterocycles. The minimum atomic E-state index is -0.357. The van der Waals surface area contributed by atoms with E-state index < -0.39 is 0 Å². The molecule has 3 nitrogen and oxygen atoms in total. The molecule has 0 saturated carbocycles. The van der Waals surface area contributed by atoms with Crippen molar-refractivity contribution in [3.63, 3.8) is 0 Å². The second-order valence-electron chi connectivity index (χ2n) is 5.39. The van der Waals surface area contributed by atoms with Crippen molar-refractivity contribution >= 4 is 5.91 Å². The van der Waals surface area contributed by atoms with Gasteiger partial charge in [0.2, 0.25) is 0 Å². The minimum absolute atomic E-state index is 0.0899. The molecule has 19 heavy (non-hydrogen) atoms. The Kier molecular flexibility index (Phi) is 4.20. The second-order valence-corrected chi connectivity index (χ2v) is 5.39. The smallest absolute Gasteiger partial charge is 0.253 e. The maximum atomic E-state index is 13.4. The first-order chi connectivity index (χ1) is 9.01. The van der Waals surface area contributed by atoms with Gasteiger partial charge < -0.3 is 10.6 Å². The quantitative estimate of drug-likeness (QED) is 0.891. The third kappa shape index (κ3) is 3.13. The zero-order valence-electron chi connectivity index (χ0n) is 11.5. The number of halogens is 1. The number of piperidine rings is 1. The first kappa shape index (κ1) is 14.0. The number of hydrogen-bond donors (Lipinski definition) is 1. The molecule has 2 unspecified atom stereocenters. The van der Waals surface area contributed by atoms with Crippen molar-refractivity contribution in [1.82, 2.24) is 4.90 Å². The number of hydrogen-bond acceptors (Lipinski definition) is 2. The fourth-order valence-electron chi connectivity index (χ4n) is 2.71. The standard InChI is InChI=1S/C15H21FN2O/c1-3-11-9-18(5-4-14(11)17)15(19)12-6-10(2)7-13(16)8-12/h6-8,11,14H,3-5,9,17H2,1-2H3. The Morgan fingerprint density at radius 2 is 2.21 bits per heavy atom. The Morgan fingerprint density at radius 3 is 2.84 bits per heavy atom. The van der Waals surface area contributed by atoms with Crippen molar-refractivity contribution in [1.29, 1.82) is 0 Å². The van der Waals surface area contributed by atoms with Gasteiger partial charge in [-0.15, -0.1) is 0 Å². The molecule has 1 heterocycles. The van der Waals surface area contributed by atoms with Gasteiger partial charge in [0, 0.05) is 24.7 Å². The molecule has 2 N–H and O–H groups in total. The molecule has 4 heteroatoms. The van der Waals surface area contributed by atoms with Gasteiger partial charge in [0.25, 0.3) is 5.91 Å². The molecule has 1 saturated heterocycles. The molecule has 1 aromatic rings. The third-order valence-corrected chi connectivity index (χ3v) is 3.89. The van der Waals surface area contributed by atoms with Gasteiger partial charge in [-0.05, 0) is 43.0 Å². The van der Waals surface area contributed by atoms with E-state index in [9.17, 15) is 9.18 Å². The Morgan fingerprint density at radius 1 is 1.47 bits per heavy atom. The number of likely N-dealkylation sites (tertiary alicyclic amines) is 1. The molecule has 0 bridgehead atoms. The molecule has 2 rings (SSSR count). The summed E-state index contributed by atoms with van der Waals surface area (Å²) in [6.45, 7) is 5.21. The number of carbonyl (C=O) groups excluding carboxylic acids is 1. The average molecular weight is 264 g/mol. The fourth-order valence-corrected chi connectivity index (χ4v) is 2.71. The van der Waals surface area contributed by atoms with Crippen LogP contribution in [0, 0.1) is 18.7 Å². The van der Waals surface area contributed by atoms with Gasteiger partial charge >= 0.3 is 0 Å². The summed E-state index contributed by atoms with van der Waals surface area (Å²) in [6, 6.07) is 4.65. The van der Waals surface area contributed by atoms with E-state index in [-0.39, 0.29) is 17.8 Å². The van der Waals surface area contributed by atoms with Crippen molar-refractivity contribution in [2.75, 3.05) is 13.1 Å². The zero-order valence-corrected chi connectivity index (χ0v) is 11.5. The van der Waals surface area contributed by atoms with E-state index in [1.165, 1.54) is 12.1 Å². The van der Waals surface area contributed by atoms with Gasteiger partial charge in [-0.1, -0.05) is 13.3 Å². The highest BCUT2D eigenvalue weighted by molar-refractivity contribution is 5.94. The van der Waals surface area contributed by atoms with Crippen LogP contribution in [-0.4, -0.2) is 29.9 Å². The highest BCUT2D eigenvalue weighted by Gasteiger charge is 2.28. The van der Waals surface area contributed by atoms with Gasteiger partial charge in [0.05, 0.1) is 0 Å². The Bertz CT molecular complexity index is 455. The van der Waals surface area contributed by atoms with Crippen molar-refractivity contribution < 1.29 is 9.18 Å². The van der Waals surface area contributed by atoms with Gasteiger partial charge in [-0.25, -0.2) is 4.39 Å². The topological polar surface area (TPSA) is 46.3 Å². The summed E-state index contributed by atoms with van der Waals surface area (Å²) in [4.78, 5) is 14.2. The maximum absolute atomic E-state index is 13.4. The summed E-state index contributed by atoms with van der Waals surface area (Å²) < 4.78 is 13.4. The molecule has 0 aliphatic carbocycles. The molecule has 0 spiro atoms. The van der Waals surface area contributed by atoms with E-state index in [4.69, 9.17) is 5.73 Å². The molecule has 1 fully saturated rings. The molecular formula is C15H21FN2O. The average Bonchev–Trinajstić information content (AvgIpc) is 2.37. The van der Waals surface area contributed by atoms with Crippen LogP contribution in [0.1, 0.15) is 35.7 Å². The van der Waals surface area contributed by atoms with Crippen LogP contribution in [0.3, 0.4) is 0 Å². The van der Waals surface area contributed by atoms with Crippen LogP contribution in [0.25, 0.3) is 0 Å². The summed E-state index contributed by atoms with van der Waals surface area (Å²) in [6.07, 6.45) is 1.78. The van der Waals surface area contributed by atoms with Gasteiger partial charge in [-0.3, -0.25) is 4.79 Å². The minimum Gasteiger partial charge on any atom is -0.338 e. The highest BCUT2D eigenvalue weighted by Crippen LogP contribution is 2.21. The lowest BCUT2D eigenvalue weighted by Gasteiger charge is -2.36. The van der Waals surface area contributed by atoms with Gasteiger partial charge in [0.1, 0.15) is 5.82 Å². The largest absolute Gasteiger partial charge is 0.338 e. The van der Waals surface area contributed by atoms with Gasteiger partial charge in [-0.2, -0.15) is 0 Å². The first-order valence-corrected chi connectivity index (χ1v) is 6.83. The Balaban J connectivity index is 2.15. The molecular weight excluding hydrogens is 243 g/mol. The van der Waals surface area contributed by atoms with Crippen molar-refractivity contribution in [3.05, 3.63) is 35.1 Å². The number of aryl methyl sites for hydroxylation is 1. The van der Waals surface area contributed by atoms with Crippen LogP contribution < -0.4 is 5.73 Å². The monoisotopic (exact) mass is 264 g/mol. The van der Waals surface area contributed by atoms with E-state index in [1.54, 1.807) is 17.9 Å². The second kappa shape index (κ2) is 5.70. The van der Waals surface area contributed by atoms with Crippen LogP contribution in [0.5, 0.6) is 0 Å². The van der Waals surface area contributed by atoms with Crippen LogP contribution >= 0.6 is 0 Å². The zero-order chi connectivity index (χ0) is 14.0. The van der Waals surface area contributed by atoms with E-state index in [2.05, 4.69) is 6.92 Å². The lowest BCUT2D eigenvalue weighted by atomic mass is 9.90. The molecule has 0 aromatic heterocycles.